The topological polar surface area (TPSA) is 53.1 Å². The molecule has 4 heteroatoms. The monoisotopic (exact) mass is 233 g/mol. The summed E-state index contributed by atoms with van der Waals surface area (Å²) in [6.45, 7) is 3.56. The first-order valence-corrected chi connectivity index (χ1v) is 5.97. The predicted molar refractivity (Wildman–Crippen MR) is 69.0 cm³/mol. The molecule has 0 fully saturated rings. The second kappa shape index (κ2) is 5.29. The molecule has 0 saturated carbocycles. The van der Waals surface area contributed by atoms with E-state index in [2.05, 4.69) is 22.5 Å². The van der Waals surface area contributed by atoms with Crippen LogP contribution < -0.4 is 5.73 Å². The van der Waals surface area contributed by atoms with Gasteiger partial charge in [-0.05, 0) is 19.1 Å². The van der Waals surface area contributed by atoms with Crippen molar-refractivity contribution in [1.29, 1.82) is 0 Å². The highest BCUT2D eigenvalue weighted by atomic mass is 16.5. The van der Waals surface area contributed by atoms with Crippen LogP contribution in [-0.4, -0.2) is 29.3 Å². The Kier molecular flexibility index (Phi) is 3.76. The van der Waals surface area contributed by atoms with Gasteiger partial charge in [0.05, 0.1) is 17.1 Å². The van der Waals surface area contributed by atoms with Crippen molar-refractivity contribution < 1.29 is 4.74 Å². The minimum atomic E-state index is 0.0390. The lowest BCUT2D eigenvalue weighted by Gasteiger charge is -2.13. The highest BCUT2D eigenvalue weighted by Crippen LogP contribution is 2.17. The number of ether oxygens (including phenoxy) is 1. The lowest BCUT2D eigenvalue weighted by Crippen LogP contribution is -2.26. The third-order valence-electron chi connectivity index (χ3n) is 3.06. The minimum Gasteiger partial charge on any atom is -0.380 e. The maximum Gasteiger partial charge on any atom is 0.112 e. The second-order valence-corrected chi connectivity index (χ2v) is 4.06. The van der Waals surface area contributed by atoms with Crippen molar-refractivity contribution in [3.8, 4) is 0 Å². The summed E-state index contributed by atoms with van der Waals surface area (Å²) in [5.41, 5.74) is 7.87. The van der Waals surface area contributed by atoms with Crippen molar-refractivity contribution in [2.75, 3.05) is 13.7 Å². The predicted octanol–water partition coefficient (Wildman–Crippen LogP) is 1.57. The van der Waals surface area contributed by atoms with Crippen LogP contribution >= 0.6 is 0 Å². The van der Waals surface area contributed by atoms with Gasteiger partial charge in [0.1, 0.15) is 5.82 Å². The van der Waals surface area contributed by atoms with Gasteiger partial charge in [0, 0.05) is 26.6 Å². The summed E-state index contributed by atoms with van der Waals surface area (Å²) >= 11 is 0. The molecule has 2 rings (SSSR count). The molecule has 0 bridgehead atoms. The lowest BCUT2D eigenvalue weighted by atomic mass is 10.2. The Balaban J connectivity index is 2.39. The average molecular weight is 233 g/mol. The molecular formula is C13H19N3O. The number of hydrogen-bond donors (Lipinski definition) is 1. The third kappa shape index (κ3) is 2.33. The number of aryl methyl sites for hydroxylation is 1. The molecule has 1 aromatic heterocycles. The van der Waals surface area contributed by atoms with Crippen LogP contribution in [0.1, 0.15) is 12.7 Å². The maximum atomic E-state index is 5.65. The zero-order valence-corrected chi connectivity index (χ0v) is 10.4. The Morgan fingerprint density at radius 1 is 1.41 bits per heavy atom. The van der Waals surface area contributed by atoms with Gasteiger partial charge in [0.2, 0.25) is 0 Å². The number of nitrogens with zero attached hydrogens (tertiary/aromatic N) is 2. The number of para-hydroxylation sites is 2. The molecule has 2 N–H and O–H groups in total. The number of rotatable bonds is 5. The van der Waals surface area contributed by atoms with E-state index in [0.717, 1.165) is 24.3 Å². The Morgan fingerprint density at radius 2 is 2.18 bits per heavy atom. The van der Waals surface area contributed by atoms with E-state index in [9.17, 15) is 0 Å². The molecule has 92 valence electrons. The number of methoxy groups -OCH3 is 1. The first-order valence-electron chi connectivity index (χ1n) is 5.97. The SMILES string of the molecule is CCn1c(CC(CN)OC)nc2ccccc21. The van der Waals surface area contributed by atoms with Gasteiger partial charge in [0.25, 0.3) is 0 Å². The largest absolute Gasteiger partial charge is 0.380 e. The summed E-state index contributed by atoms with van der Waals surface area (Å²) in [4.78, 5) is 4.65. The lowest BCUT2D eigenvalue weighted by molar-refractivity contribution is 0.107. The molecule has 0 radical (unpaired) electrons. The fraction of sp³-hybridized carbons (Fsp3) is 0.462. The Bertz CT molecular complexity index is 488. The van der Waals surface area contributed by atoms with E-state index < -0.39 is 0 Å². The molecule has 1 atom stereocenters. The van der Waals surface area contributed by atoms with Crippen LogP contribution in [0, 0.1) is 0 Å². The standard InChI is InChI=1S/C13H19N3O/c1-3-16-12-7-5-4-6-11(12)15-13(16)8-10(9-14)17-2/h4-7,10H,3,8-9,14H2,1-2H3. The van der Waals surface area contributed by atoms with Crippen molar-refractivity contribution in [3.05, 3.63) is 30.1 Å². The van der Waals surface area contributed by atoms with Crippen LogP contribution in [0.2, 0.25) is 0 Å². The fourth-order valence-corrected chi connectivity index (χ4v) is 2.10. The van der Waals surface area contributed by atoms with Crippen LogP contribution in [0.3, 0.4) is 0 Å². The normalized spacial score (nSPS) is 13.1. The summed E-state index contributed by atoms with van der Waals surface area (Å²) in [6, 6.07) is 8.18. The highest BCUT2D eigenvalue weighted by molar-refractivity contribution is 5.75. The number of nitrogens with two attached hydrogens (primary N) is 1. The van der Waals surface area contributed by atoms with E-state index in [1.165, 1.54) is 5.52 Å². The van der Waals surface area contributed by atoms with E-state index >= 15 is 0 Å². The van der Waals surface area contributed by atoms with Gasteiger partial charge in [-0.15, -0.1) is 0 Å². The zero-order valence-electron chi connectivity index (χ0n) is 10.4. The summed E-state index contributed by atoms with van der Waals surface area (Å²) in [7, 11) is 1.69. The Labute approximate surface area is 101 Å². The van der Waals surface area contributed by atoms with E-state index in [0.29, 0.717) is 6.54 Å². The molecule has 0 amide bonds. The van der Waals surface area contributed by atoms with Crippen molar-refractivity contribution in [1.82, 2.24) is 9.55 Å². The molecule has 4 nitrogen and oxygen atoms in total. The molecule has 0 spiro atoms. The highest BCUT2D eigenvalue weighted by Gasteiger charge is 2.13. The van der Waals surface area contributed by atoms with Gasteiger partial charge >= 0.3 is 0 Å². The van der Waals surface area contributed by atoms with E-state index in [1.54, 1.807) is 7.11 Å². The van der Waals surface area contributed by atoms with Crippen molar-refractivity contribution in [2.45, 2.75) is 26.0 Å². The van der Waals surface area contributed by atoms with Gasteiger partial charge in [-0.3, -0.25) is 0 Å². The molecule has 2 aromatic rings. The smallest absolute Gasteiger partial charge is 0.112 e. The molecule has 1 aromatic carbocycles. The van der Waals surface area contributed by atoms with Crippen LogP contribution in [0.4, 0.5) is 0 Å². The molecule has 0 aliphatic rings. The van der Waals surface area contributed by atoms with Gasteiger partial charge < -0.3 is 15.0 Å². The molecule has 1 unspecified atom stereocenters. The molecule has 1 heterocycles. The Morgan fingerprint density at radius 3 is 2.82 bits per heavy atom. The minimum absolute atomic E-state index is 0.0390. The summed E-state index contributed by atoms with van der Waals surface area (Å²) in [5, 5.41) is 0. The quantitative estimate of drug-likeness (QED) is 0.853. The van der Waals surface area contributed by atoms with E-state index in [1.807, 2.05) is 18.2 Å². The van der Waals surface area contributed by atoms with E-state index in [4.69, 9.17) is 10.5 Å². The third-order valence-corrected chi connectivity index (χ3v) is 3.06. The summed E-state index contributed by atoms with van der Waals surface area (Å²) < 4.78 is 7.54. The molecule has 0 saturated heterocycles. The van der Waals surface area contributed by atoms with Crippen molar-refractivity contribution in [3.63, 3.8) is 0 Å². The first-order chi connectivity index (χ1) is 8.30. The second-order valence-electron chi connectivity index (χ2n) is 4.06. The first kappa shape index (κ1) is 12.1. The number of fused-ring (bicyclic) bond motifs is 1. The summed E-state index contributed by atoms with van der Waals surface area (Å²) in [5.74, 6) is 1.05. The molecular weight excluding hydrogens is 214 g/mol. The van der Waals surface area contributed by atoms with Gasteiger partial charge in [-0.2, -0.15) is 0 Å². The molecule has 17 heavy (non-hydrogen) atoms. The number of hydrogen-bond acceptors (Lipinski definition) is 3. The van der Waals surface area contributed by atoms with E-state index in [-0.39, 0.29) is 6.10 Å². The van der Waals surface area contributed by atoms with Gasteiger partial charge in [-0.1, -0.05) is 12.1 Å². The van der Waals surface area contributed by atoms with Crippen LogP contribution in [0.5, 0.6) is 0 Å². The van der Waals surface area contributed by atoms with Crippen LogP contribution in [0.15, 0.2) is 24.3 Å². The van der Waals surface area contributed by atoms with Gasteiger partial charge in [-0.25, -0.2) is 4.98 Å². The number of aromatic nitrogens is 2. The average Bonchev–Trinajstić information content (AvgIpc) is 2.72. The van der Waals surface area contributed by atoms with Crippen molar-refractivity contribution in [2.24, 2.45) is 5.73 Å². The molecule has 0 aliphatic carbocycles. The van der Waals surface area contributed by atoms with Crippen LogP contribution in [0.25, 0.3) is 11.0 Å². The number of benzene rings is 1. The van der Waals surface area contributed by atoms with Crippen LogP contribution in [-0.2, 0) is 17.7 Å². The zero-order chi connectivity index (χ0) is 12.3. The summed E-state index contributed by atoms with van der Waals surface area (Å²) in [6.07, 6.45) is 0.798. The Hall–Kier alpha value is -1.39. The molecule has 0 aliphatic heterocycles. The fourth-order valence-electron chi connectivity index (χ4n) is 2.10. The maximum absolute atomic E-state index is 5.65. The van der Waals surface area contributed by atoms with Crippen molar-refractivity contribution >= 4 is 11.0 Å². The number of imidazole rings is 1. The van der Waals surface area contributed by atoms with Gasteiger partial charge in [0.15, 0.2) is 0 Å².